The number of piperidine rings is 1. The Morgan fingerprint density at radius 1 is 1.59 bits per heavy atom. The van der Waals surface area contributed by atoms with E-state index in [1.807, 2.05) is 16.0 Å². The molecule has 0 aliphatic carbocycles. The minimum atomic E-state index is -0.514. The summed E-state index contributed by atoms with van der Waals surface area (Å²) in [6, 6.07) is -0.104. The lowest BCUT2D eigenvalue weighted by Crippen LogP contribution is -2.48. The van der Waals surface area contributed by atoms with Crippen LogP contribution in [0.15, 0.2) is 17.7 Å². The number of carbonyl (C=O) groups is 1. The Morgan fingerprint density at radius 2 is 2.41 bits per heavy atom. The first kappa shape index (κ1) is 15.5. The summed E-state index contributed by atoms with van der Waals surface area (Å²) in [4.78, 5) is 19.2. The highest BCUT2D eigenvalue weighted by atomic mass is 35.5. The third-order valence-corrected chi connectivity index (χ3v) is 5.06. The van der Waals surface area contributed by atoms with Gasteiger partial charge in [-0.1, -0.05) is 11.6 Å². The van der Waals surface area contributed by atoms with Crippen molar-refractivity contribution in [1.29, 1.82) is 0 Å². The highest BCUT2D eigenvalue weighted by Crippen LogP contribution is 2.23. The number of nitrogens with zero attached hydrogens (tertiary/aromatic N) is 3. The van der Waals surface area contributed by atoms with Crippen LogP contribution in [0, 0.1) is 0 Å². The highest BCUT2D eigenvalue weighted by Gasteiger charge is 2.28. The van der Waals surface area contributed by atoms with Gasteiger partial charge < -0.3 is 10.0 Å². The van der Waals surface area contributed by atoms with Crippen molar-refractivity contribution >= 4 is 39.9 Å². The molecule has 0 spiro atoms. The van der Waals surface area contributed by atoms with Crippen LogP contribution >= 0.6 is 22.9 Å². The summed E-state index contributed by atoms with van der Waals surface area (Å²) < 4.78 is 1.86. The van der Waals surface area contributed by atoms with E-state index in [-0.39, 0.29) is 11.9 Å². The lowest BCUT2D eigenvalue weighted by atomic mass is 9.98. The molecule has 7 heteroatoms. The van der Waals surface area contributed by atoms with Crippen LogP contribution in [0.4, 0.5) is 0 Å². The second-order valence-corrected chi connectivity index (χ2v) is 6.74. The first-order valence-corrected chi connectivity index (χ1v) is 8.61. The van der Waals surface area contributed by atoms with E-state index in [0.717, 1.165) is 24.2 Å². The van der Waals surface area contributed by atoms with Crippen molar-refractivity contribution < 1.29 is 9.90 Å². The molecule has 2 atom stereocenters. The smallest absolute Gasteiger partial charge is 0.246 e. The van der Waals surface area contributed by atoms with Gasteiger partial charge in [-0.05, 0) is 32.3 Å². The molecule has 1 saturated heterocycles. The minimum absolute atomic E-state index is 0.0909. The fourth-order valence-corrected chi connectivity index (χ4v) is 3.91. The van der Waals surface area contributed by atoms with E-state index < -0.39 is 6.10 Å². The maximum atomic E-state index is 12.5. The number of amides is 1. The molecule has 0 saturated carbocycles. The van der Waals surface area contributed by atoms with Gasteiger partial charge in [-0.15, -0.1) is 11.3 Å². The van der Waals surface area contributed by atoms with Crippen molar-refractivity contribution in [2.75, 3.05) is 6.54 Å². The molecule has 2 aromatic heterocycles. The van der Waals surface area contributed by atoms with Crippen LogP contribution in [-0.2, 0) is 4.79 Å². The number of aromatic nitrogens is 2. The van der Waals surface area contributed by atoms with Crippen molar-refractivity contribution in [2.45, 2.75) is 38.3 Å². The van der Waals surface area contributed by atoms with Gasteiger partial charge in [0.05, 0.1) is 17.8 Å². The topological polar surface area (TPSA) is 57.8 Å². The second kappa shape index (κ2) is 6.40. The van der Waals surface area contributed by atoms with Crippen molar-refractivity contribution in [3.63, 3.8) is 0 Å². The fraction of sp³-hybridized carbons (Fsp3) is 0.467. The lowest BCUT2D eigenvalue weighted by Gasteiger charge is -2.36. The lowest BCUT2D eigenvalue weighted by molar-refractivity contribution is -0.132. The zero-order valence-corrected chi connectivity index (χ0v) is 13.8. The van der Waals surface area contributed by atoms with Gasteiger partial charge in [0.25, 0.3) is 0 Å². The molecule has 2 unspecified atom stereocenters. The largest absolute Gasteiger partial charge is 0.391 e. The maximum absolute atomic E-state index is 12.5. The molecule has 118 valence electrons. The molecule has 3 heterocycles. The summed E-state index contributed by atoms with van der Waals surface area (Å²) in [6.45, 7) is 2.43. The van der Waals surface area contributed by atoms with Gasteiger partial charge in [-0.25, -0.2) is 4.98 Å². The van der Waals surface area contributed by atoms with E-state index in [1.165, 1.54) is 17.4 Å². The molecular formula is C15H18ClN3O2S. The summed E-state index contributed by atoms with van der Waals surface area (Å²) >= 11 is 7.61. The molecule has 1 amide bonds. The molecule has 0 aromatic carbocycles. The Labute approximate surface area is 137 Å². The molecule has 22 heavy (non-hydrogen) atoms. The minimum Gasteiger partial charge on any atom is -0.391 e. The summed E-state index contributed by atoms with van der Waals surface area (Å²) in [6.07, 6.45) is 7.46. The summed E-state index contributed by atoms with van der Waals surface area (Å²) in [7, 11) is 0. The summed E-state index contributed by atoms with van der Waals surface area (Å²) in [5.74, 6) is -0.0909. The molecular weight excluding hydrogens is 322 g/mol. The zero-order chi connectivity index (χ0) is 15.7. The Balaban J connectivity index is 1.80. The van der Waals surface area contributed by atoms with Gasteiger partial charge in [-0.2, -0.15) is 0 Å². The number of hydrogen-bond donors (Lipinski definition) is 1. The standard InChI is InChI=1S/C15H18ClN3O2S/c1-10(20)11-4-2-3-7-18(11)13(21)6-5-12-14(16)17-15-19(12)8-9-22-15/h5-6,8-11,20H,2-4,7H2,1H3/b6-5+. The van der Waals surface area contributed by atoms with Crippen LogP contribution in [0.2, 0.25) is 5.15 Å². The number of likely N-dealkylation sites (tertiary alicyclic amines) is 1. The molecule has 0 bridgehead atoms. The molecule has 1 aliphatic heterocycles. The number of carbonyl (C=O) groups excluding carboxylic acids is 1. The summed E-state index contributed by atoms with van der Waals surface area (Å²) in [5.41, 5.74) is 0.705. The molecule has 0 radical (unpaired) electrons. The van der Waals surface area contributed by atoms with Crippen LogP contribution in [-0.4, -0.2) is 44.0 Å². The highest BCUT2D eigenvalue weighted by molar-refractivity contribution is 7.15. The number of aliphatic hydroxyl groups excluding tert-OH is 1. The van der Waals surface area contributed by atoms with Crippen molar-refractivity contribution in [3.05, 3.63) is 28.5 Å². The number of thiazole rings is 1. The van der Waals surface area contributed by atoms with Crippen LogP contribution < -0.4 is 0 Å². The number of hydrogen-bond acceptors (Lipinski definition) is 4. The predicted molar refractivity (Wildman–Crippen MR) is 88.1 cm³/mol. The second-order valence-electron chi connectivity index (χ2n) is 5.51. The average Bonchev–Trinajstić information content (AvgIpc) is 3.05. The number of halogens is 1. The van der Waals surface area contributed by atoms with E-state index >= 15 is 0 Å². The van der Waals surface area contributed by atoms with E-state index in [9.17, 15) is 9.90 Å². The Bertz CT molecular complexity index is 707. The molecule has 2 aromatic rings. The molecule has 1 N–H and O–H groups in total. The summed E-state index contributed by atoms with van der Waals surface area (Å²) in [5, 5.41) is 12.2. The number of fused-ring (bicyclic) bond motifs is 1. The predicted octanol–water partition coefficient (Wildman–Crippen LogP) is 2.82. The zero-order valence-electron chi connectivity index (χ0n) is 12.3. The van der Waals surface area contributed by atoms with Gasteiger partial charge in [0.1, 0.15) is 0 Å². The Kier molecular flexibility index (Phi) is 4.52. The van der Waals surface area contributed by atoms with Crippen molar-refractivity contribution in [3.8, 4) is 0 Å². The maximum Gasteiger partial charge on any atom is 0.246 e. The first-order chi connectivity index (χ1) is 10.6. The molecule has 5 nitrogen and oxygen atoms in total. The van der Waals surface area contributed by atoms with E-state index in [0.29, 0.717) is 17.4 Å². The SMILES string of the molecule is CC(O)C1CCCCN1C(=O)/C=C/c1c(Cl)nc2sccn12. The van der Waals surface area contributed by atoms with Crippen molar-refractivity contribution in [2.24, 2.45) is 0 Å². The normalized spacial score (nSPS) is 20.9. The van der Waals surface area contributed by atoms with Gasteiger partial charge in [0.2, 0.25) is 5.91 Å². The van der Waals surface area contributed by atoms with E-state index in [1.54, 1.807) is 17.9 Å². The molecule has 3 rings (SSSR count). The monoisotopic (exact) mass is 339 g/mol. The number of rotatable bonds is 3. The van der Waals surface area contributed by atoms with Crippen LogP contribution in [0.25, 0.3) is 11.0 Å². The molecule has 1 fully saturated rings. The van der Waals surface area contributed by atoms with Crippen LogP contribution in [0.5, 0.6) is 0 Å². The quantitative estimate of drug-likeness (QED) is 0.875. The van der Waals surface area contributed by atoms with Gasteiger partial charge >= 0.3 is 0 Å². The number of aliphatic hydroxyl groups is 1. The third kappa shape index (κ3) is 2.91. The van der Waals surface area contributed by atoms with Gasteiger partial charge in [0.15, 0.2) is 10.1 Å². The van der Waals surface area contributed by atoms with Gasteiger partial charge in [0, 0.05) is 24.2 Å². The van der Waals surface area contributed by atoms with E-state index in [2.05, 4.69) is 4.98 Å². The fourth-order valence-electron chi connectivity index (χ4n) is 2.90. The Hall–Kier alpha value is -1.37. The third-order valence-electron chi connectivity index (χ3n) is 4.03. The van der Waals surface area contributed by atoms with Gasteiger partial charge in [-0.3, -0.25) is 9.20 Å². The van der Waals surface area contributed by atoms with Crippen LogP contribution in [0.3, 0.4) is 0 Å². The Morgan fingerprint density at radius 3 is 3.18 bits per heavy atom. The van der Waals surface area contributed by atoms with Crippen LogP contribution in [0.1, 0.15) is 31.9 Å². The molecule has 1 aliphatic rings. The van der Waals surface area contributed by atoms with Crippen molar-refractivity contribution in [1.82, 2.24) is 14.3 Å². The first-order valence-electron chi connectivity index (χ1n) is 7.35. The van der Waals surface area contributed by atoms with E-state index in [4.69, 9.17) is 11.6 Å². The number of imidazole rings is 1. The average molecular weight is 340 g/mol.